The maximum atomic E-state index is 15.6. The lowest BCUT2D eigenvalue weighted by Crippen LogP contribution is -2.46. The van der Waals surface area contributed by atoms with E-state index in [1.807, 2.05) is 4.90 Å². The fourth-order valence-corrected chi connectivity index (χ4v) is 5.53. The van der Waals surface area contributed by atoms with Crippen LogP contribution in [0.2, 0.25) is 0 Å². The summed E-state index contributed by atoms with van der Waals surface area (Å²) in [5.41, 5.74) is -1.06. The van der Waals surface area contributed by atoms with Gasteiger partial charge in [0.15, 0.2) is 11.6 Å². The van der Waals surface area contributed by atoms with Gasteiger partial charge in [0.1, 0.15) is 11.3 Å². The highest BCUT2D eigenvalue weighted by atomic mass is 19.1. The highest BCUT2D eigenvalue weighted by molar-refractivity contribution is 6.04. The van der Waals surface area contributed by atoms with Crippen molar-refractivity contribution in [2.75, 3.05) is 31.6 Å². The summed E-state index contributed by atoms with van der Waals surface area (Å²) < 4.78 is 22.9. The van der Waals surface area contributed by atoms with Crippen LogP contribution in [0.3, 0.4) is 0 Å². The number of hydrogen-bond acceptors (Lipinski definition) is 6. The van der Waals surface area contributed by atoms with Crippen molar-refractivity contribution >= 4 is 34.4 Å². The molecule has 0 radical (unpaired) electrons. The molecule has 3 fully saturated rings. The number of aliphatic carboxylic acids is 1. The molecule has 11 heteroatoms. The van der Waals surface area contributed by atoms with E-state index in [9.17, 15) is 24.3 Å². The first kappa shape index (κ1) is 23.3. The molecule has 10 nitrogen and oxygen atoms in total. The van der Waals surface area contributed by atoms with Crippen LogP contribution in [0.5, 0.6) is 5.75 Å². The van der Waals surface area contributed by atoms with Gasteiger partial charge in [-0.15, -0.1) is 0 Å². The zero-order valence-corrected chi connectivity index (χ0v) is 19.2. The number of anilines is 1. The maximum Gasteiger partial charge on any atom is 0.341 e. The second kappa shape index (κ2) is 8.63. The van der Waals surface area contributed by atoms with E-state index in [-0.39, 0.29) is 53.3 Å². The van der Waals surface area contributed by atoms with Crippen molar-refractivity contribution in [2.24, 2.45) is 5.92 Å². The SMILES string of the molecule is COc1c(N2C[C@@H]3[C@@H](CCCN3CCC(=O)O)C2=O)c(F)cc2c(=O)c(C(=O)O)cn(C3CC3)c12. The van der Waals surface area contributed by atoms with Gasteiger partial charge in [0.25, 0.3) is 0 Å². The number of ether oxygens (including phenoxy) is 1. The Morgan fingerprint density at radius 3 is 2.57 bits per heavy atom. The van der Waals surface area contributed by atoms with Crippen molar-refractivity contribution in [3.63, 3.8) is 0 Å². The molecule has 2 aliphatic heterocycles. The Kier molecular flexibility index (Phi) is 5.74. The highest BCUT2D eigenvalue weighted by Crippen LogP contribution is 2.46. The molecular formula is C24H26FN3O7. The second-order valence-electron chi connectivity index (χ2n) is 9.40. The Morgan fingerprint density at radius 2 is 1.94 bits per heavy atom. The van der Waals surface area contributed by atoms with E-state index in [2.05, 4.69) is 0 Å². The number of likely N-dealkylation sites (tertiary alicyclic amines) is 1. The van der Waals surface area contributed by atoms with Crippen LogP contribution in [0.1, 0.15) is 48.5 Å². The van der Waals surface area contributed by atoms with E-state index in [4.69, 9.17) is 9.84 Å². The summed E-state index contributed by atoms with van der Waals surface area (Å²) in [4.78, 5) is 52.4. The van der Waals surface area contributed by atoms with Gasteiger partial charge in [-0.25, -0.2) is 9.18 Å². The number of hydrogen-bond donors (Lipinski definition) is 2. The number of fused-ring (bicyclic) bond motifs is 2. The number of carboxylic acids is 2. The van der Waals surface area contributed by atoms with Gasteiger partial charge in [-0.3, -0.25) is 19.3 Å². The van der Waals surface area contributed by atoms with E-state index in [0.29, 0.717) is 19.5 Å². The summed E-state index contributed by atoms with van der Waals surface area (Å²) in [6, 6.07) is 0.695. The first-order valence-electron chi connectivity index (χ1n) is 11.7. The van der Waals surface area contributed by atoms with Crippen LogP contribution in [0, 0.1) is 11.7 Å². The number of carbonyl (C=O) groups excluding carboxylic acids is 1. The first-order chi connectivity index (χ1) is 16.7. The number of nitrogens with zero attached hydrogens (tertiary/aromatic N) is 3. The number of carboxylic acid groups (broad SMARTS) is 2. The molecule has 5 rings (SSSR count). The molecule has 186 valence electrons. The molecule has 0 spiro atoms. The molecule has 1 aliphatic carbocycles. The van der Waals surface area contributed by atoms with Crippen molar-refractivity contribution in [3.8, 4) is 5.75 Å². The molecule has 3 heterocycles. The number of benzene rings is 1. The molecule has 35 heavy (non-hydrogen) atoms. The van der Waals surface area contributed by atoms with Crippen LogP contribution in [0.15, 0.2) is 17.1 Å². The lowest BCUT2D eigenvalue weighted by atomic mass is 9.91. The van der Waals surface area contributed by atoms with Gasteiger partial charge in [-0.2, -0.15) is 0 Å². The smallest absolute Gasteiger partial charge is 0.341 e. The van der Waals surface area contributed by atoms with Gasteiger partial charge in [0.2, 0.25) is 11.3 Å². The summed E-state index contributed by atoms with van der Waals surface area (Å²) in [5.74, 6) is -3.80. The summed E-state index contributed by atoms with van der Waals surface area (Å²) in [6.07, 6.45) is 4.13. The molecule has 1 saturated carbocycles. The van der Waals surface area contributed by atoms with Crippen LogP contribution in [0.4, 0.5) is 10.1 Å². The standard InChI is InChI=1S/C24H26FN3O7/c1-35-22-19-14(21(31)15(24(33)34)10-27(19)12-4-5-12)9-16(25)20(22)28-11-17-13(23(28)32)3-2-7-26(17)8-6-18(29)30/h9-10,12-13,17H,2-8,11H2,1H3,(H,29,30)(H,33,34)/t13-,17-/m1/s1. The summed E-state index contributed by atoms with van der Waals surface area (Å²) >= 11 is 0. The normalized spacial score (nSPS) is 22.5. The van der Waals surface area contributed by atoms with Gasteiger partial charge >= 0.3 is 11.9 Å². The van der Waals surface area contributed by atoms with Gasteiger partial charge in [-0.05, 0) is 38.3 Å². The van der Waals surface area contributed by atoms with Crippen molar-refractivity contribution in [1.29, 1.82) is 0 Å². The van der Waals surface area contributed by atoms with Gasteiger partial charge < -0.3 is 24.4 Å². The molecule has 2 saturated heterocycles. The van der Waals surface area contributed by atoms with E-state index in [1.54, 1.807) is 4.57 Å². The number of pyridine rings is 1. The third-order valence-electron chi connectivity index (χ3n) is 7.30. The van der Waals surface area contributed by atoms with Crippen LogP contribution < -0.4 is 15.1 Å². The summed E-state index contributed by atoms with van der Waals surface area (Å²) in [7, 11) is 1.33. The topological polar surface area (TPSA) is 129 Å². The van der Waals surface area contributed by atoms with Crippen molar-refractivity contribution in [2.45, 2.75) is 44.2 Å². The predicted octanol–water partition coefficient (Wildman–Crippen LogP) is 2.08. The van der Waals surface area contributed by atoms with E-state index < -0.39 is 34.7 Å². The molecule has 1 aromatic carbocycles. The Bertz CT molecular complexity index is 1300. The number of rotatable bonds is 7. The largest absolute Gasteiger partial charge is 0.492 e. The monoisotopic (exact) mass is 487 g/mol. The minimum Gasteiger partial charge on any atom is -0.492 e. The van der Waals surface area contributed by atoms with Gasteiger partial charge in [0, 0.05) is 31.4 Å². The van der Waals surface area contributed by atoms with Crippen LogP contribution >= 0.6 is 0 Å². The third-order valence-corrected chi connectivity index (χ3v) is 7.30. The fraction of sp³-hybridized carbons (Fsp3) is 0.500. The Balaban J connectivity index is 1.64. The quantitative estimate of drug-likeness (QED) is 0.607. The van der Waals surface area contributed by atoms with E-state index in [0.717, 1.165) is 25.3 Å². The maximum absolute atomic E-state index is 15.6. The van der Waals surface area contributed by atoms with Crippen LogP contribution in [-0.4, -0.2) is 70.3 Å². The lowest BCUT2D eigenvalue weighted by Gasteiger charge is -2.35. The summed E-state index contributed by atoms with van der Waals surface area (Å²) in [6.45, 7) is 1.13. The first-order valence-corrected chi connectivity index (χ1v) is 11.7. The van der Waals surface area contributed by atoms with Crippen molar-refractivity contribution < 1.29 is 33.7 Å². The van der Waals surface area contributed by atoms with Crippen molar-refractivity contribution in [1.82, 2.24) is 9.47 Å². The van der Waals surface area contributed by atoms with E-state index in [1.165, 1.54) is 18.2 Å². The Hall–Kier alpha value is -3.47. The van der Waals surface area contributed by atoms with Crippen molar-refractivity contribution in [3.05, 3.63) is 33.9 Å². The van der Waals surface area contributed by atoms with Crippen LogP contribution in [0.25, 0.3) is 10.9 Å². The molecule has 2 N–H and O–H groups in total. The number of piperidine rings is 1. The average molecular weight is 487 g/mol. The molecule has 2 aromatic rings. The number of aromatic carboxylic acids is 1. The lowest BCUT2D eigenvalue weighted by molar-refractivity contribution is -0.137. The van der Waals surface area contributed by atoms with Gasteiger partial charge in [-0.1, -0.05) is 0 Å². The zero-order chi connectivity index (χ0) is 25.0. The molecular weight excluding hydrogens is 461 g/mol. The number of amides is 1. The zero-order valence-electron chi connectivity index (χ0n) is 19.2. The number of carbonyl (C=O) groups is 3. The highest BCUT2D eigenvalue weighted by Gasteiger charge is 2.47. The average Bonchev–Trinajstić information content (AvgIpc) is 3.61. The Labute approximate surface area is 199 Å². The number of halogens is 1. The molecule has 0 unspecified atom stereocenters. The summed E-state index contributed by atoms with van der Waals surface area (Å²) in [5, 5.41) is 18.5. The number of aromatic nitrogens is 1. The molecule has 2 atom stereocenters. The molecule has 1 aromatic heterocycles. The minimum absolute atomic E-state index is 0.0185. The third kappa shape index (κ3) is 3.83. The fourth-order valence-electron chi connectivity index (χ4n) is 5.53. The molecule has 0 bridgehead atoms. The molecule has 1 amide bonds. The van der Waals surface area contributed by atoms with Crippen LogP contribution in [-0.2, 0) is 9.59 Å². The Morgan fingerprint density at radius 1 is 1.20 bits per heavy atom. The second-order valence-corrected chi connectivity index (χ2v) is 9.40. The predicted molar refractivity (Wildman–Crippen MR) is 123 cm³/mol. The minimum atomic E-state index is -1.39. The van der Waals surface area contributed by atoms with E-state index >= 15 is 4.39 Å². The van der Waals surface area contributed by atoms with Gasteiger partial charge in [0.05, 0.1) is 30.4 Å². The molecule has 3 aliphatic rings. The number of methoxy groups -OCH3 is 1.